The quantitative estimate of drug-likeness (QED) is 0.130. The van der Waals surface area contributed by atoms with E-state index in [2.05, 4.69) is 29.5 Å². The van der Waals surface area contributed by atoms with Crippen LogP contribution in [0.3, 0.4) is 0 Å². The molecule has 2 aliphatic rings. The number of unbranched alkanes of at least 4 members (excludes halogenated alkanes) is 4. The Balaban J connectivity index is 1.39. The van der Waals surface area contributed by atoms with Crippen molar-refractivity contribution in [3.05, 3.63) is 11.9 Å². The van der Waals surface area contributed by atoms with E-state index < -0.39 is 30.4 Å². The maximum absolute atomic E-state index is 12.9. The Morgan fingerprint density at radius 1 is 1.15 bits per heavy atom. The number of nitrogens with zero attached hydrogens (tertiary/aromatic N) is 3. The van der Waals surface area contributed by atoms with Crippen LogP contribution in [0.4, 0.5) is 0 Å². The zero-order valence-corrected chi connectivity index (χ0v) is 23.1. The second-order valence-corrected chi connectivity index (χ2v) is 10.3. The van der Waals surface area contributed by atoms with Crippen LogP contribution < -0.4 is 11.1 Å². The van der Waals surface area contributed by atoms with Gasteiger partial charge in [-0.2, -0.15) is 0 Å². The summed E-state index contributed by atoms with van der Waals surface area (Å²) in [6.45, 7) is 4.59. The molecule has 6 atom stereocenters. The average molecular weight is 556 g/mol. The van der Waals surface area contributed by atoms with Gasteiger partial charge in [0.2, 0.25) is 11.8 Å². The summed E-state index contributed by atoms with van der Waals surface area (Å²) in [4.78, 5) is 24.9. The van der Waals surface area contributed by atoms with Gasteiger partial charge < -0.3 is 40.2 Å². The fraction of sp³-hybridized carbons (Fsp3) is 0.846. The molecule has 2 fully saturated rings. The minimum Gasteiger partial charge on any atom is -0.394 e. The van der Waals surface area contributed by atoms with Crippen LogP contribution in [0.1, 0.15) is 70.9 Å². The van der Waals surface area contributed by atoms with Crippen LogP contribution in [0.25, 0.3) is 0 Å². The number of ether oxygens (including phenoxy) is 4. The summed E-state index contributed by atoms with van der Waals surface area (Å²) in [6, 6.07) is -0.930. The van der Waals surface area contributed by atoms with E-state index in [0.29, 0.717) is 12.2 Å². The zero-order valence-electron chi connectivity index (χ0n) is 23.1. The Morgan fingerprint density at radius 2 is 1.87 bits per heavy atom. The van der Waals surface area contributed by atoms with Crippen LogP contribution >= 0.6 is 0 Å². The number of epoxide rings is 1. The first-order valence-corrected chi connectivity index (χ1v) is 14.2. The van der Waals surface area contributed by atoms with Crippen LogP contribution in [0.15, 0.2) is 6.20 Å². The molecular weight excluding hydrogens is 510 g/mol. The Morgan fingerprint density at radius 3 is 2.51 bits per heavy atom. The molecule has 13 nitrogen and oxygen atoms in total. The molecule has 2 amide bonds. The fourth-order valence-corrected chi connectivity index (χ4v) is 4.71. The van der Waals surface area contributed by atoms with E-state index in [9.17, 15) is 19.8 Å². The molecule has 0 radical (unpaired) electrons. The predicted octanol–water partition coefficient (Wildman–Crippen LogP) is 0.404. The van der Waals surface area contributed by atoms with Crippen molar-refractivity contribution in [2.45, 2.75) is 115 Å². The molecule has 1 aromatic heterocycles. The van der Waals surface area contributed by atoms with E-state index in [1.807, 2.05) is 0 Å². The number of fused-ring (bicyclic) bond motifs is 1. The number of nitrogens with two attached hydrogens (primary N) is 1. The third-order valence-electron chi connectivity index (χ3n) is 7.10. The molecule has 5 unspecified atom stereocenters. The van der Waals surface area contributed by atoms with Gasteiger partial charge in [-0.1, -0.05) is 57.6 Å². The van der Waals surface area contributed by atoms with Gasteiger partial charge in [-0.25, -0.2) is 4.68 Å². The highest BCUT2D eigenvalue weighted by Gasteiger charge is 2.57. The average Bonchev–Trinajstić information content (AvgIpc) is 3.61. The molecule has 1 aromatic rings. The summed E-state index contributed by atoms with van der Waals surface area (Å²) in [5.74, 6) is -0.940. The number of aliphatic hydroxyl groups is 2. The fourth-order valence-electron chi connectivity index (χ4n) is 4.71. The van der Waals surface area contributed by atoms with E-state index in [-0.39, 0.29) is 50.5 Å². The van der Waals surface area contributed by atoms with Crippen LogP contribution in [0.5, 0.6) is 0 Å². The summed E-state index contributed by atoms with van der Waals surface area (Å²) in [7, 11) is 0. The molecule has 39 heavy (non-hydrogen) atoms. The first-order chi connectivity index (χ1) is 18.9. The number of primary amides is 1. The van der Waals surface area contributed by atoms with Crippen LogP contribution in [-0.4, -0.2) is 93.6 Å². The Hall–Kier alpha value is -2.16. The highest BCUT2D eigenvalue weighted by Crippen LogP contribution is 2.37. The number of nitrogens with one attached hydrogen (secondary N) is 1. The Kier molecular flexibility index (Phi) is 13.0. The van der Waals surface area contributed by atoms with Gasteiger partial charge in [-0.05, 0) is 12.8 Å². The smallest absolute Gasteiger partial charge is 0.242 e. The van der Waals surface area contributed by atoms with Gasteiger partial charge in [-0.3, -0.25) is 9.59 Å². The molecule has 13 heteroatoms. The van der Waals surface area contributed by atoms with Gasteiger partial charge in [0.05, 0.1) is 39.2 Å². The lowest BCUT2D eigenvalue weighted by atomic mass is 9.94. The van der Waals surface area contributed by atoms with Crippen LogP contribution in [-0.2, 0) is 41.7 Å². The monoisotopic (exact) mass is 555 g/mol. The molecule has 0 bridgehead atoms. The third kappa shape index (κ3) is 9.76. The molecule has 2 aliphatic heterocycles. The first kappa shape index (κ1) is 31.4. The minimum absolute atomic E-state index is 0.0686. The second-order valence-electron chi connectivity index (χ2n) is 10.3. The molecule has 0 saturated carbocycles. The summed E-state index contributed by atoms with van der Waals surface area (Å²) < 4.78 is 23.7. The summed E-state index contributed by atoms with van der Waals surface area (Å²) >= 11 is 0. The molecule has 3 rings (SSSR count). The number of carbonyl (C=O) groups excluding carboxylic acids is 2. The summed E-state index contributed by atoms with van der Waals surface area (Å²) in [6.07, 6.45) is 6.54. The lowest BCUT2D eigenvalue weighted by Crippen LogP contribution is -2.49. The van der Waals surface area contributed by atoms with Crippen molar-refractivity contribution < 1.29 is 38.7 Å². The first-order valence-electron chi connectivity index (χ1n) is 14.2. The molecule has 3 heterocycles. The molecule has 2 saturated heterocycles. The molecule has 0 aliphatic carbocycles. The number of aromatic nitrogens is 3. The Labute approximate surface area is 229 Å². The van der Waals surface area contributed by atoms with Crippen molar-refractivity contribution in [2.24, 2.45) is 11.7 Å². The van der Waals surface area contributed by atoms with Crippen molar-refractivity contribution in [1.29, 1.82) is 0 Å². The van der Waals surface area contributed by atoms with Gasteiger partial charge in [0, 0.05) is 5.92 Å². The van der Waals surface area contributed by atoms with E-state index >= 15 is 0 Å². The molecule has 5 N–H and O–H groups in total. The predicted molar refractivity (Wildman–Crippen MR) is 139 cm³/mol. The topological polar surface area (TPSA) is 184 Å². The molecule has 222 valence electrons. The standard InChI is InChI=1S/C26H45N5O8/c1-3-5-7-9-17(10-8-6-4-2)25(35)28-19(24(27)34)16-36-15-18-13-31(30-29-18)11-12-37-26-21(33)23-22(39-23)20(14-32)38-26/h13,17,19-23,26,32-33H,3-12,14-16H2,1-2H3,(H2,27,34)(H,28,35)/t19-,20?,21?,22?,23?,26?/m0/s1. The highest BCUT2D eigenvalue weighted by atomic mass is 16.7. The molecule has 0 aromatic carbocycles. The maximum Gasteiger partial charge on any atom is 0.242 e. The number of rotatable bonds is 20. The number of hydrogen-bond donors (Lipinski definition) is 4. The van der Waals surface area contributed by atoms with Crippen molar-refractivity contribution in [3.63, 3.8) is 0 Å². The van der Waals surface area contributed by atoms with E-state index in [0.717, 1.165) is 51.4 Å². The molecule has 0 spiro atoms. The van der Waals surface area contributed by atoms with Crippen molar-refractivity contribution in [1.82, 2.24) is 20.3 Å². The minimum atomic E-state index is -0.930. The van der Waals surface area contributed by atoms with E-state index in [1.54, 1.807) is 10.9 Å². The van der Waals surface area contributed by atoms with Gasteiger partial charge in [0.15, 0.2) is 6.29 Å². The lowest BCUT2D eigenvalue weighted by Gasteiger charge is -2.29. The maximum atomic E-state index is 12.9. The number of carbonyl (C=O) groups is 2. The summed E-state index contributed by atoms with van der Waals surface area (Å²) in [5.41, 5.74) is 6.07. The largest absolute Gasteiger partial charge is 0.394 e. The van der Waals surface area contributed by atoms with Crippen molar-refractivity contribution >= 4 is 11.8 Å². The number of hydrogen-bond acceptors (Lipinski definition) is 10. The second kappa shape index (κ2) is 16.2. The molecular formula is C26H45N5O8. The highest BCUT2D eigenvalue weighted by molar-refractivity contribution is 5.87. The van der Waals surface area contributed by atoms with E-state index in [1.165, 1.54) is 0 Å². The van der Waals surface area contributed by atoms with Gasteiger partial charge in [0.1, 0.15) is 36.2 Å². The number of aliphatic hydroxyl groups excluding tert-OH is 2. The normalized spacial score (nSPS) is 24.9. The van der Waals surface area contributed by atoms with Crippen LogP contribution in [0, 0.1) is 5.92 Å². The lowest BCUT2D eigenvalue weighted by molar-refractivity contribution is -0.235. The Bertz CT molecular complexity index is 876. The summed E-state index contributed by atoms with van der Waals surface area (Å²) in [5, 5.41) is 30.4. The third-order valence-corrected chi connectivity index (χ3v) is 7.10. The van der Waals surface area contributed by atoms with Crippen LogP contribution in [0.2, 0.25) is 0 Å². The van der Waals surface area contributed by atoms with Gasteiger partial charge in [-0.15, -0.1) is 5.10 Å². The van der Waals surface area contributed by atoms with Gasteiger partial charge >= 0.3 is 0 Å². The van der Waals surface area contributed by atoms with Crippen molar-refractivity contribution in [2.75, 3.05) is 19.8 Å². The van der Waals surface area contributed by atoms with E-state index in [4.69, 9.17) is 24.7 Å². The van der Waals surface area contributed by atoms with Crippen molar-refractivity contribution in [3.8, 4) is 0 Å². The zero-order chi connectivity index (χ0) is 28.2. The SMILES string of the molecule is CCCCCC(CCCCC)C(=O)N[C@@H](COCc1cn(CCOC2OC(CO)C3OC3C2O)nn1)C(N)=O. The number of amides is 2. The van der Waals surface area contributed by atoms with Gasteiger partial charge in [0.25, 0.3) is 0 Å².